The summed E-state index contributed by atoms with van der Waals surface area (Å²) in [6.07, 6.45) is 0. The molecule has 1 aliphatic rings. The van der Waals surface area contributed by atoms with Crippen LogP contribution in [0, 0.1) is 20.8 Å². The third-order valence-electron chi connectivity index (χ3n) is 4.74. The van der Waals surface area contributed by atoms with Gasteiger partial charge in [0, 0.05) is 28.8 Å². The Hall–Kier alpha value is -3.21. The molecule has 4 rings (SSSR count). The van der Waals surface area contributed by atoms with Gasteiger partial charge in [0.05, 0.1) is 5.56 Å². The zero-order chi connectivity index (χ0) is 19.0. The van der Waals surface area contributed by atoms with Gasteiger partial charge in [0.25, 0.3) is 5.91 Å². The fourth-order valence-electron chi connectivity index (χ4n) is 3.48. The van der Waals surface area contributed by atoms with Gasteiger partial charge in [0.1, 0.15) is 13.2 Å². The van der Waals surface area contributed by atoms with Crippen LogP contribution in [0.2, 0.25) is 0 Å². The van der Waals surface area contributed by atoms with Crippen molar-refractivity contribution in [3.8, 4) is 17.2 Å². The van der Waals surface area contributed by atoms with E-state index in [0.717, 1.165) is 17.1 Å². The summed E-state index contributed by atoms with van der Waals surface area (Å²) < 4.78 is 13.2. The highest BCUT2D eigenvalue weighted by atomic mass is 16.6. The summed E-state index contributed by atoms with van der Waals surface area (Å²) in [7, 11) is 0. The number of nitrogens with one attached hydrogen (secondary N) is 1. The van der Waals surface area contributed by atoms with Gasteiger partial charge < -0.3 is 19.4 Å². The van der Waals surface area contributed by atoms with Crippen LogP contribution in [0.3, 0.4) is 0 Å². The number of amides is 1. The van der Waals surface area contributed by atoms with Crippen molar-refractivity contribution in [1.29, 1.82) is 0 Å². The number of ether oxygens (including phenoxy) is 2. The Bertz CT molecular complexity index is 1020. The Morgan fingerprint density at radius 1 is 0.963 bits per heavy atom. The van der Waals surface area contributed by atoms with Gasteiger partial charge >= 0.3 is 0 Å². The van der Waals surface area contributed by atoms with Crippen LogP contribution in [0.1, 0.15) is 27.3 Å². The lowest BCUT2D eigenvalue weighted by Crippen LogP contribution is -2.16. The van der Waals surface area contributed by atoms with Gasteiger partial charge in [0.2, 0.25) is 0 Å². The fourth-order valence-corrected chi connectivity index (χ4v) is 3.48. The number of rotatable bonds is 3. The lowest BCUT2D eigenvalue weighted by atomic mass is 10.2. The van der Waals surface area contributed by atoms with Crippen LogP contribution in [-0.4, -0.2) is 23.7 Å². The van der Waals surface area contributed by atoms with Crippen molar-refractivity contribution in [3.63, 3.8) is 0 Å². The molecule has 1 aromatic heterocycles. The molecule has 0 fully saturated rings. The second-order valence-corrected chi connectivity index (χ2v) is 6.77. The maximum atomic E-state index is 12.9. The summed E-state index contributed by atoms with van der Waals surface area (Å²) in [4.78, 5) is 12.9. The molecule has 1 aliphatic heterocycles. The van der Waals surface area contributed by atoms with Gasteiger partial charge in [-0.1, -0.05) is 12.1 Å². The first-order valence-corrected chi connectivity index (χ1v) is 9.00. The number of nitrogens with zero attached hydrogens (tertiary/aromatic N) is 1. The molecule has 2 heterocycles. The average Bonchev–Trinajstić information content (AvgIpc) is 2.96. The molecule has 0 spiro atoms. The summed E-state index contributed by atoms with van der Waals surface area (Å²) >= 11 is 0. The van der Waals surface area contributed by atoms with Crippen molar-refractivity contribution >= 4 is 11.6 Å². The van der Waals surface area contributed by atoms with Crippen molar-refractivity contribution in [2.75, 3.05) is 18.5 Å². The molecule has 0 bridgehead atoms. The highest BCUT2D eigenvalue weighted by Crippen LogP contribution is 2.33. The van der Waals surface area contributed by atoms with Gasteiger partial charge in [-0.3, -0.25) is 4.79 Å². The number of fused-ring (bicyclic) bond motifs is 1. The summed E-state index contributed by atoms with van der Waals surface area (Å²) in [6.45, 7) is 7.10. The van der Waals surface area contributed by atoms with Crippen molar-refractivity contribution < 1.29 is 14.3 Å². The molecule has 5 heteroatoms. The number of carbonyl (C=O) groups is 1. The summed E-state index contributed by atoms with van der Waals surface area (Å²) in [6, 6.07) is 15.6. The van der Waals surface area contributed by atoms with E-state index in [0.29, 0.717) is 36.0 Å². The molecule has 0 atom stereocenters. The van der Waals surface area contributed by atoms with Crippen molar-refractivity contribution in [2.24, 2.45) is 0 Å². The highest BCUT2D eigenvalue weighted by molar-refractivity contribution is 6.05. The van der Waals surface area contributed by atoms with E-state index in [9.17, 15) is 4.79 Å². The minimum absolute atomic E-state index is 0.140. The number of anilines is 1. The van der Waals surface area contributed by atoms with Crippen LogP contribution in [0.5, 0.6) is 11.5 Å². The number of aromatic nitrogens is 1. The number of aryl methyl sites for hydroxylation is 2. The van der Waals surface area contributed by atoms with Crippen LogP contribution in [0.4, 0.5) is 5.69 Å². The summed E-state index contributed by atoms with van der Waals surface area (Å²) in [5, 5.41) is 2.96. The zero-order valence-corrected chi connectivity index (χ0v) is 15.7. The van der Waals surface area contributed by atoms with E-state index in [1.54, 1.807) is 6.07 Å². The minimum atomic E-state index is -0.140. The molecule has 0 radical (unpaired) electrons. The monoisotopic (exact) mass is 362 g/mol. The standard InChI is InChI=1S/C22H22N2O3/c1-14-5-4-6-18(11-14)24-15(2)12-19(16(24)3)22(25)23-17-7-8-20-21(13-17)27-10-9-26-20/h4-8,11-13H,9-10H2,1-3H3,(H,23,25). The lowest BCUT2D eigenvalue weighted by molar-refractivity contribution is 0.102. The normalized spacial score (nSPS) is 12.7. The Morgan fingerprint density at radius 3 is 2.52 bits per heavy atom. The maximum Gasteiger partial charge on any atom is 0.257 e. The smallest absolute Gasteiger partial charge is 0.257 e. The molecule has 2 aromatic carbocycles. The van der Waals surface area contributed by atoms with E-state index < -0.39 is 0 Å². The van der Waals surface area contributed by atoms with Gasteiger partial charge in [0.15, 0.2) is 11.5 Å². The van der Waals surface area contributed by atoms with Gasteiger partial charge in [-0.05, 0) is 56.7 Å². The van der Waals surface area contributed by atoms with Gasteiger partial charge in [-0.15, -0.1) is 0 Å². The quantitative estimate of drug-likeness (QED) is 0.750. The highest BCUT2D eigenvalue weighted by Gasteiger charge is 2.18. The topological polar surface area (TPSA) is 52.5 Å². The minimum Gasteiger partial charge on any atom is -0.486 e. The number of carbonyl (C=O) groups excluding carboxylic acids is 1. The molecule has 1 amide bonds. The van der Waals surface area contributed by atoms with E-state index in [1.807, 2.05) is 38.1 Å². The molecule has 27 heavy (non-hydrogen) atoms. The molecule has 0 unspecified atom stereocenters. The Kier molecular flexibility index (Phi) is 4.36. The third-order valence-corrected chi connectivity index (χ3v) is 4.74. The molecule has 138 valence electrons. The lowest BCUT2D eigenvalue weighted by Gasteiger charge is -2.19. The summed E-state index contributed by atoms with van der Waals surface area (Å²) in [5.74, 6) is 1.22. The SMILES string of the molecule is Cc1cccc(-n2c(C)cc(C(=O)Nc3ccc4c(c3)OCCO4)c2C)c1. The molecule has 0 saturated heterocycles. The maximum absolute atomic E-state index is 12.9. The third kappa shape index (κ3) is 3.28. The van der Waals surface area contributed by atoms with E-state index in [2.05, 4.69) is 35.0 Å². The first-order chi connectivity index (χ1) is 13.0. The van der Waals surface area contributed by atoms with Gasteiger partial charge in [-0.2, -0.15) is 0 Å². The molecule has 5 nitrogen and oxygen atoms in total. The van der Waals surface area contributed by atoms with E-state index >= 15 is 0 Å². The van der Waals surface area contributed by atoms with Crippen molar-refractivity contribution in [2.45, 2.75) is 20.8 Å². The van der Waals surface area contributed by atoms with Crippen molar-refractivity contribution in [1.82, 2.24) is 4.57 Å². The fraction of sp³-hybridized carbons (Fsp3) is 0.227. The first kappa shape index (κ1) is 17.2. The summed E-state index contributed by atoms with van der Waals surface area (Å²) in [5.41, 5.74) is 5.51. The molecular formula is C22H22N2O3. The second-order valence-electron chi connectivity index (χ2n) is 6.77. The average molecular weight is 362 g/mol. The molecule has 3 aromatic rings. The van der Waals surface area contributed by atoms with Crippen LogP contribution in [0.15, 0.2) is 48.5 Å². The van der Waals surface area contributed by atoms with E-state index in [-0.39, 0.29) is 5.91 Å². The Labute approximate surface area is 158 Å². The van der Waals surface area contributed by atoms with E-state index in [4.69, 9.17) is 9.47 Å². The second kappa shape index (κ2) is 6.83. The van der Waals surface area contributed by atoms with Crippen LogP contribution >= 0.6 is 0 Å². The number of hydrogen-bond acceptors (Lipinski definition) is 3. The Balaban J connectivity index is 1.62. The van der Waals surface area contributed by atoms with Crippen molar-refractivity contribution in [3.05, 3.63) is 71.0 Å². The van der Waals surface area contributed by atoms with Gasteiger partial charge in [-0.25, -0.2) is 0 Å². The molecular weight excluding hydrogens is 340 g/mol. The molecule has 0 saturated carbocycles. The molecule has 0 aliphatic carbocycles. The van der Waals surface area contributed by atoms with Crippen LogP contribution in [-0.2, 0) is 0 Å². The number of hydrogen-bond donors (Lipinski definition) is 1. The predicted molar refractivity (Wildman–Crippen MR) is 105 cm³/mol. The predicted octanol–water partition coefficient (Wildman–Crippen LogP) is 4.43. The number of benzene rings is 2. The molecule has 1 N–H and O–H groups in total. The largest absolute Gasteiger partial charge is 0.486 e. The Morgan fingerprint density at radius 2 is 1.74 bits per heavy atom. The van der Waals surface area contributed by atoms with Crippen LogP contribution < -0.4 is 14.8 Å². The van der Waals surface area contributed by atoms with Crippen LogP contribution in [0.25, 0.3) is 5.69 Å². The zero-order valence-electron chi connectivity index (χ0n) is 15.7. The van der Waals surface area contributed by atoms with E-state index in [1.165, 1.54) is 5.56 Å². The first-order valence-electron chi connectivity index (χ1n) is 9.00.